The van der Waals surface area contributed by atoms with Gasteiger partial charge in [0.2, 0.25) is 0 Å². The standard InChI is InChI=1S/C16H32N2O3/c1-13(10-17-14(20)21-15(2,3)4)18-11-16(12-19)8-6-5-7-9-16/h13,18-19H,5-12H2,1-4H3,(H,17,20). The second-order valence-electron chi connectivity index (χ2n) is 7.38. The summed E-state index contributed by atoms with van der Waals surface area (Å²) in [5.74, 6) is 0. The fourth-order valence-electron chi connectivity index (χ4n) is 2.71. The molecular weight excluding hydrogens is 268 g/mol. The maximum absolute atomic E-state index is 11.6. The van der Waals surface area contributed by atoms with Crippen molar-refractivity contribution in [1.29, 1.82) is 0 Å². The summed E-state index contributed by atoms with van der Waals surface area (Å²) in [7, 11) is 0. The number of alkyl carbamates (subject to hydrolysis) is 1. The number of aliphatic hydroxyl groups excluding tert-OH is 1. The third-order valence-electron chi connectivity index (χ3n) is 4.03. The van der Waals surface area contributed by atoms with Gasteiger partial charge in [0.1, 0.15) is 5.60 Å². The Balaban J connectivity index is 2.27. The third-order valence-corrected chi connectivity index (χ3v) is 4.03. The first-order chi connectivity index (χ1) is 9.76. The Morgan fingerprint density at radius 3 is 2.43 bits per heavy atom. The molecule has 1 amide bonds. The van der Waals surface area contributed by atoms with E-state index in [4.69, 9.17) is 4.74 Å². The van der Waals surface area contributed by atoms with Crippen molar-refractivity contribution in [3.05, 3.63) is 0 Å². The normalized spacial score (nSPS) is 19.9. The first kappa shape index (κ1) is 18.2. The molecule has 21 heavy (non-hydrogen) atoms. The van der Waals surface area contributed by atoms with Gasteiger partial charge < -0.3 is 20.5 Å². The fraction of sp³-hybridized carbons (Fsp3) is 0.938. The molecule has 1 rings (SSSR count). The Kier molecular flexibility index (Phi) is 6.94. The summed E-state index contributed by atoms with van der Waals surface area (Å²) >= 11 is 0. The lowest BCUT2D eigenvalue weighted by Gasteiger charge is -2.36. The van der Waals surface area contributed by atoms with Gasteiger partial charge in [-0.1, -0.05) is 19.3 Å². The second-order valence-corrected chi connectivity index (χ2v) is 7.38. The minimum absolute atomic E-state index is 0.0262. The first-order valence-electron chi connectivity index (χ1n) is 8.07. The molecule has 1 aliphatic carbocycles. The van der Waals surface area contributed by atoms with Crippen molar-refractivity contribution in [2.75, 3.05) is 19.7 Å². The van der Waals surface area contributed by atoms with Crippen molar-refractivity contribution in [3.63, 3.8) is 0 Å². The average molecular weight is 300 g/mol. The summed E-state index contributed by atoms with van der Waals surface area (Å²) in [6.07, 6.45) is 5.47. The van der Waals surface area contributed by atoms with Gasteiger partial charge in [0.15, 0.2) is 0 Å². The molecule has 0 spiro atoms. The number of carbonyl (C=O) groups excluding carboxylic acids is 1. The summed E-state index contributed by atoms with van der Waals surface area (Å²) in [6, 6.07) is 0.155. The number of hydrogen-bond acceptors (Lipinski definition) is 4. The van der Waals surface area contributed by atoms with Crippen LogP contribution in [0.2, 0.25) is 0 Å². The van der Waals surface area contributed by atoms with E-state index < -0.39 is 5.60 Å². The molecule has 1 aliphatic rings. The topological polar surface area (TPSA) is 70.6 Å². The van der Waals surface area contributed by atoms with Crippen molar-refractivity contribution in [3.8, 4) is 0 Å². The molecule has 1 atom stereocenters. The molecule has 0 heterocycles. The predicted molar refractivity (Wildman–Crippen MR) is 84.3 cm³/mol. The van der Waals surface area contributed by atoms with Gasteiger partial charge in [0, 0.05) is 31.2 Å². The minimum atomic E-state index is -0.468. The maximum atomic E-state index is 11.6. The molecule has 0 aromatic rings. The number of amides is 1. The molecule has 1 saturated carbocycles. The van der Waals surface area contributed by atoms with Gasteiger partial charge in [-0.3, -0.25) is 0 Å². The monoisotopic (exact) mass is 300 g/mol. The molecule has 0 saturated heterocycles. The Morgan fingerprint density at radius 1 is 1.29 bits per heavy atom. The quantitative estimate of drug-likeness (QED) is 0.704. The van der Waals surface area contributed by atoms with Gasteiger partial charge >= 0.3 is 6.09 Å². The molecule has 124 valence electrons. The van der Waals surface area contributed by atoms with Crippen LogP contribution in [0.1, 0.15) is 59.8 Å². The molecule has 1 unspecified atom stereocenters. The van der Waals surface area contributed by atoms with Crippen molar-refractivity contribution in [2.24, 2.45) is 5.41 Å². The van der Waals surface area contributed by atoms with Crippen LogP contribution in [-0.4, -0.2) is 42.5 Å². The average Bonchev–Trinajstić information content (AvgIpc) is 2.42. The highest BCUT2D eigenvalue weighted by molar-refractivity contribution is 5.67. The van der Waals surface area contributed by atoms with Crippen molar-refractivity contribution < 1.29 is 14.6 Å². The van der Waals surface area contributed by atoms with Crippen LogP contribution in [0.3, 0.4) is 0 Å². The molecular formula is C16H32N2O3. The SMILES string of the molecule is CC(CNC(=O)OC(C)(C)C)NCC1(CO)CCCCC1. The summed E-state index contributed by atoms with van der Waals surface area (Å²) in [5, 5.41) is 15.9. The zero-order valence-electron chi connectivity index (χ0n) is 14.0. The Hall–Kier alpha value is -0.810. The van der Waals surface area contributed by atoms with Crippen LogP contribution in [0.15, 0.2) is 0 Å². The number of rotatable bonds is 6. The van der Waals surface area contributed by atoms with Crippen LogP contribution in [0.5, 0.6) is 0 Å². The van der Waals surface area contributed by atoms with E-state index in [-0.39, 0.29) is 24.2 Å². The number of aliphatic hydroxyl groups is 1. The van der Waals surface area contributed by atoms with Crippen LogP contribution in [-0.2, 0) is 4.74 Å². The number of hydrogen-bond donors (Lipinski definition) is 3. The van der Waals surface area contributed by atoms with E-state index in [1.54, 1.807) is 0 Å². The highest BCUT2D eigenvalue weighted by Crippen LogP contribution is 2.35. The van der Waals surface area contributed by atoms with E-state index in [2.05, 4.69) is 10.6 Å². The van der Waals surface area contributed by atoms with E-state index in [0.717, 1.165) is 19.4 Å². The molecule has 0 radical (unpaired) electrons. The minimum Gasteiger partial charge on any atom is -0.444 e. The number of ether oxygens (including phenoxy) is 1. The Bertz CT molecular complexity index is 320. The summed E-state index contributed by atoms with van der Waals surface area (Å²) < 4.78 is 5.21. The van der Waals surface area contributed by atoms with E-state index in [1.165, 1.54) is 19.3 Å². The van der Waals surface area contributed by atoms with Crippen LogP contribution in [0.4, 0.5) is 4.79 Å². The second kappa shape index (κ2) is 7.99. The van der Waals surface area contributed by atoms with Crippen molar-refractivity contribution in [1.82, 2.24) is 10.6 Å². The summed E-state index contributed by atoms with van der Waals surface area (Å²) in [4.78, 5) is 11.6. The lowest BCUT2D eigenvalue weighted by Crippen LogP contribution is -2.46. The fourth-order valence-corrected chi connectivity index (χ4v) is 2.71. The zero-order valence-corrected chi connectivity index (χ0v) is 14.0. The van der Waals surface area contributed by atoms with Gasteiger partial charge in [-0.2, -0.15) is 0 Å². The lowest BCUT2D eigenvalue weighted by atomic mass is 9.74. The maximum Gasteiger partial charge on any atom is 0.407 e. The number of nitrogens with one attached hydrogen (secondary N) is 2. The molecule has 0 aliphatic heterocycles. The summed E-state index contributed by atoms with van der Waals surface area (Å²) in [5.41, 5.74) is -0.442. The third kappa shape index (κ3) is 7.14. The van der Waals surface area contributed by atoms with E-state index in [1.807, 2.05) is 27.7 Å². The highest BCUT2D eigenvalue weighted by Gasteiger charge is 2.31. The van der Waals surface area contributed by atoms with Crippen LogP contribution in [0.25, 0.3) is 0 Å². The Labute approximate surface area is 128 Å². The predicted octanol–water partition coefficient (Wildman–Crippen LogP) is 2.43. The van der Waals surface area contributed by atoms with Crippen LogP contribution < -0.4 is 10.6 Å². The van der Waals surface area contributed by atoms with Gasteiger partial charge in [0.05, 0.1) is 0 Å². The molecule has 0 bridgehead atoms. The molecule has 1 fully saturated rings. The van der Waals surface area contributed by atoms with Gasteiger partial charge in [0.25, 0.3) is 0 Å². The van der Waals surface area contributed by atoms with Gasteiger partial charge in [-0.25, -0.2) is 4.79 Å². The Morgan fingerprint density at radius 2 is 1.90 bits per heavy atom. The zero-order chi connectivity index (χ0) is 15.9. The molecule has 5 nitrogen and oxygen atoms in total. The molecule has 0 aromatic carbocycles. The van der Waals surface area contributed by atoms with Crippen LogP contribution in [0, 0.1) is 5.41 Å². The number of carbonyl (C=O) groups is 1. The van der Waals surface area contributed by atoms with E-state index >= 15 is 0 Å². The van der Waals surface area contributed by atoms with Gasteiger partial charge in [-0.15, -0.1) is 0 Å². The largest absolute Gasteiger partial charge is 0.444 e. The molecule has 5 heteroatoms. The molecule has 3 N–H and O–H groups in total. The van der Waals surface area contributed by atoms with Crippen LogP contribution >= 0.6 is 0 Å². The van der Waals surface area contributed by atoms with Gasteiger partial charge in [-0.05, 0) is 40.5 Å². The van der Waals surface area contributed by atoms with Crippen molar-refractivity contribution in [2.45, 2.75) is 71.4 Å². The first-order valence-corrected chi connectivity index (χ1v) is 8.07. The lowest BCUT2D eigenvalue weighted by molar-refractivity contribution is 0.0517. The smallest absolute Gasteiger partial charge is 0.407 e. The van der Waals surface area contributed by atoms with Crippen molar-refractivity contribution >= 4 is 6.09 Å². The van der Waals surface area contributed by atoms with E-state index in [0.29, 0.717) is 6.54 Å². The highest BCUT2D eigenvalue weighted by atomic mass is 16.6. The summed E-state index contributed by atoms with van der Waals surface area (Å²) in [6.45, 7) is 9.15. The molecule has 0 aromatic heterocycles. The van der Waals surface area contributed by atoms with E-state index in [9.17, 15) is 9.90 Å².